The van der Waals surface area contributed by atoms with Crippen LogP contribution >= 0.6 is 0 Å². The van der Waals surface area contributed by atoms with Gasteiger partial charge in [0.05, 0.1) is 17.4 Å². The summed E-state index contributed by atoms with van der Waals surface area (Å²) in [6, 6.07) is 18.2. The molecule has 2 fully saturated rings. The molecule has 1 heterocycles. The van der Waals surface area contributed by atoms with Gasteiger partial charge in [-0.15, -0.1) is 0 Å². The standard InChI is InChI=1S/C25H29N3O3S/c26-16-20-11-9-19(10-12-20)14-22-15-23(22)17-28-13-5-4-8-24(25(28)29)27-32(30,31)18-21-6-2-1-3-7-21/h1-3,6-7,9-12,22-24,27H,4-5,8,13-15,17-18H2. The van der Waals surface area contributed by atoms with E-state index >= 15 is 0 Å². The van der Waals surface area contributed by atoms with Gasteiger partial charge in [0.25, 0.3) is 0 Å². The molecule has 4 rings (SSSR count). The number of sulfonamides is 1. The summed E-state index contributed by atoms with van der Waals surface area (Å²) in [5.74, 6) is 0.775. The number of hydrogen-bond acceptors (Lipinski definition) is 4. The summed E-state index contributed by atoms with van der Waals surface area (Å²) in [5.41, 5.74) is 2.59. The van der Waals surface area contributed by atoms with Gasteiger partial charge in [-0.2, -0.15) is 5.26 Å². The molecule has 1 saturated heterocycles. The van der Waals surface area contributed by atoms with Gasteiger partial charge >= 0.3 is 0 Å². The number of rotatable bonds is 8. The highest BCUT2D eigenvalue weighted by Crippen LogP contribution is 2.42. The predicted octanol–water partition coefficient (Wildman–Crippen LogP) is 3.24. The largest absolute Gasteiger partial charge is 0.341 e. The maximum atomic E-state index is 13.1. The molecule has 3 unspecified atom stereocenters. The number of benzene rings is 2. The Balaban J connectivity index is 1.32. The highest BCUT2D eigenvalue weighted by molar-refractivity contribution is 7.88. The Morgan fingerprint density at radius 1 is 1.00 bits per heavy atom. The first-order valence-electron chi connectivity index (χ1n) is 11.3. The summed E-state index contributed by atoms with van der Waals surface area (Å²) in [6.45, 7) is 1.38. The Morgan fingerprint density at radius 3 is 2.47 bits per heavy atom. The van der Waals surface area contributed by atoms with Crippen molar-refractivity contribution in [3.63, 3.8) is 0 Å². The fourth-order valence-electron chi connectivity index (χ4n) is 4.53. The quantitative estimate of drug-likeness (QED) is 0.667. The minimum atomic E-state index is -3.60. The molecule has 168 valence electrons. The SMILES string of the molecule is N#Cc1ccc(CC2CC2CN2CCCCC(NS(=O)(=O)Cc3ccccc3)C2=O)cc1. The van der Waals surface area contributed by atoms with E-state index in [9.17, 15) is 13.2 Å². The molecule has 7 heteroatoms. The van der Waals surface area contributed by atoms with Crippen molar-refractivity contribution < 1.29 is 13.2 Å². The molecule has 1 amide bonds. The molecular weight excluding hydrogens is 422 g/mol. The smallest absolute Gasteiger partial charge is 0.240 e. The van der Waals surface area contributed by atoms with Gasteiger partial charge in [0.15, 0.2) is 0 Å². The normalized spacial score (nSPS) is 23.4. The van der Waals surface area contributed by atoms with Crippen LogP contribution in [0.15, 0.2) is 54.6 Å². The van der Waals surface area contributed by atoms with Crippen LogP contribution in [-0.4, -0.2) is 38.4 Å². The Hall–Kier alpha value is -2.69. The second-order valence-electron chi connectivity index (χ2n) is 8.96. The average Bonchev–Trinajstić information content (AvgIpc) is 3.54. The van der Waals surface area contributed by atoms with Crippen LogP contribution in [0.4, 0.5) is 0 Å². The summed E-state index contributed by atoms with van der Waals surface area (Å²) in [7, 11) is -3.60. The van der Waals surface area contributed by atoms with Crippen molar-refractivity contribution >= 4 is 15.9 Å². The van der Waals surface area contributed by atoms with Crippen molar-refractivity contribution in [1.82, 2.24) is 9.62 Å². The van der Waals surface area contributed by atoms with E-state index in [0.717, 1.165) is 25.7 Å². The highest BCUT2D eigenvalue weighted by atomic mass is 32.2. The minimum Gasteiger partial charge on any atom is -0.341 e. The third-order valence-corrected chi connectivity index (χ3v) is 7.76. The molecule has 2 aromatic rings. The van der Waals surface area contributed by atoms with Crippen LogP contribution in [0.5, 0.6) is 0 Å². The van der Waals surface area contributed by atoms with E-state index in [1.807, 2.05) is 47.4 Å². The minimum absolute atomic E-state index is 0.0943. The van der Waals surface area contributed by atoms with Crippen LogP contribution in [0.3, 0.4) is 0 Å². The monoisotopic (exact) mass is 451 g/mol. The topological polar surface area (TPSA) is 90.3 Å². The lowest BCUT2D eigenvalue weighted by Crippen LogP contribution is -2.48. The number of nitrogens with zero attached hydrogens (tertiary/aromatic N) is 2. The van der Waals surface area contributed by atoms with Gasteiger partial charge in [-0.3, -0.25) is 4.79 Å². The average molecular weight is 452 g/mol. The number of likely N-dealkylation sites (tertiary alicyclic amines) is 1. The number of nitrogens with one attached hydrogen (secondary N) is 1. The van der Waals surface area contributed by atoms with E-state index < -0.39 is 16.1 Å². The van der Waals surface area contributed by atoms with Gasteiger partial charge in [-0.1, -0.05) is 42.5 Å². The lowest BCUT2D eigenvalue weighted by Gasteiger charge is -2.25. The van der Waals surface area contributed by atoms with Crippen LogP contribution in [0.25, 0.3) is 0 Å². The fraction of sp³-hybridized carbons (Fsp3) is 0.440. The predicted molar refractivity (Wildman–Crippen MR) is 123 cm³/mol. The Bertz CT molecular complexity index is 1080. The van der Waals surface area contributed by atoms with E-state index in [1.54, 1.807) is 12.1 Å². The molecule has 1 aliphatic heterocycles. The number of amides is 1. The van der Waals surface area contributed by atoms with Crippen LogP contribution < -0.4 is 4.72 Å². The summed E-state index contributed by atoms with van der Waals surface area (Å²) >= 11 is 0. The molecular formula is C25H29N3O3S. The van der Waals surface area contributed by atoms with E-state index in [0.29, 0.717) is 42.5 Å². The number of hydrogen-bond donors (Lipinski definition) is 1. The second-order valence-corrected chi connectivity index (χ2v) is 10.7. The Morgan fingerprint density at radius 2 is 1.75 bits per heavy atom. The number of carbonyl (C=O) groups is 1. The van der Waals surface area contributed by atoms with Gasteiger partial charge < -0.3 is 4.90 Å². The van der Waals surface area contributed by atoms with Gasteiger partial charge in [-0.25, -0.2) is 13.1 Å². The third kappa shape index (κ3) is 5.96. The zero-order valence-corrected chi connectivity index (χ0v) is 18.9. The molecule has 0 aromatic heterocycles. The van der Waals surface area contributed by atoms with Crippen molar-refractivity contribution in [2.45, 2.75) is 43.9 Å². The maximum absolute atomic E-state index is 13.1. The molecule has 0 spiro atoms. The summed E-state index contributed by atoms with van der Waals surface area (Å²) in [4.78, 5) is 15.0. The lowest BCUT2D eigenvalue weighted by molar-refractivity contribution is -0.132. The molecule has 2 aliphatic rings. The number of nitriles is 1. The number of carbonyl (C=O) groups excluding carboxylic acids is 1. The van der Waals surface area contributed by atoms with Gasteiger partial charge in [0.2, 0.25) is 15.9 Å². The van der Waals surface area contributed by atoms with E-state index in [-0.39, 0.29) is 11.7 Å². The molecule has 32 heavy (non-hydrogen) atoms. The molecule has 2 aromatic carbocycles. The molecule has 1 aliphatic carbocycles. The van der Waals surface area contributed by atoms with Gasteiger partial charge in [-0.05, 0) is 67.2 Å². The maximum Gasteiger partial charge on any atom is 0.240 e. The van der Waals surface area contributed by atoms with E-state index in [2.05, 4.69) is 10.8 Å². The summed E-state index contributed by atoms with van der Waals surface area (Å²) in [5, 5.41) is 8.93. The van der Waals surface area contributed by atoms with E-state index in [1.165, 1.54) is 5.56 Å². The van der Waals surface area contributed by atoms with Gasteiger partial charge in [0, 0.05) is 13.1 Å². The Kier molecular flexibility index (Phi) is 6.92. The van der Waals surface area contributed by atoms with Gasteiger partial charge in [0.1, 0.15) is 6.04 Å². The molecule has 0 radical (unpaired) electrons. The first-order chi connectivity index (χ1) is 15.4. The van der Waals surface area contributed by atoms with Crippen molar-refractivity contribution in [3.05, 3.63) is 71.3 Å². The van der Waals surface area contributed by atoms with Crippen molar-refractivity contribution in [2.24, 2.45) is 11.8 Å². The van der Waals surface area contributed by atoms with E-state index in [4.69, 9.17) is 5.26 Å². The van der Waals surface area contributed by atoms with Crippen LogP contribution in [0.1, 0.15) is 42.4 Å². The van der Waals surface area contributed by atoms with Crippen molar-refractivity contribution in [3.8, 4) is 6.07 Å². The zero-order chi connectivity index (χ0) is 22.6. The van der Waals surface area contributed by atoms with Crippen LogP contribution in [0, 0.1) is 23.2 Å². The first-order valence-corrected chi connectivity index (χ1v) is 12.9. The van der Waals surface area contributed by atoms with Crippen molar-refractivity contribution in [1.29, 1.82) is 5.26 Å². The summed E-state index contributed by atoms with van der Waals surface area (Å²) < 4.78 is 28.0. The fourth-order valence-corrected chi connectivity index (χ4v) is 5.90. The molecule has 1 N–H and O–H groups in total. The Labute approximate surface area is 190 Å². The molecule has 1 saturated carbocycles. The lowest BCUT2D eigenvalue weighted by atomic mass is 10.1. The molecule has 3 atom stereocenters. The summed E-state index contributed by atoms with van der Waals surface area (Å²) in [6.07, 6.45) is 4.30. The third-order valence-electron chi connectivity index (χ3n) is 6.41. The zero-order valence-electron chi connectivity index (χ0n) is 18.1. The second kappa shape index (κ2) is 9.85. The molecule has 6 nitrogen and oxygen atoms in total. The molecule has 0 bridgehead atoms. The van der Waals surface area contributed by atoms with Crippen LogP contribution in [0.2, 0.25) is 0 Å². The van der Waals surface area contributed by atoms with Crippen LogP contribution in [-0.2, 0) is 27.0 Å². The van der Waals surface area contributed by atoms with Crippen molar-refractivity contribution in [2.75, 3.05) is 13.1 Å². The first kappa shape index (κ1) is 22.5. The highest BCUT2D eigenvalue weighted by Gasteiger charge is 2.40.